The molecule has 3 rings (SSSR count). The summed E-state index contributed by atoms with van der Waals surface area (Å²) in [5.74, 6) is 0.454. The second-order valence-electron chi connectivity index (χ2n) is 5.88. The minimum Gasteiger partial charge on any atom is -0.412 e. The maximum Gasteiger partial charge on any atom is 0.381 e. The van der Waals surface area contributed by atoms with Crippen molar-refractivity contribution in [1.82, 2.24) is 19.3 Å². The van der Waals surface area contributed by atoms with Gasteiger partial charge in [-0.1, -0.05) is 0 Å². The molecular formula is C15H15N7O5S. The third kappa shape index (κ3) is 4.03. The lowest BCUT2D eigenvalue weighted by atomic mass is 10.2. The number of hydrogen-bond donors (Lipinski definition) is 1. The predicted octanol–water partition coefficient (Wildman–Crippen LogP) is 2.95. The normalized spacial score (nSPS) is 10.8. The van der Waals surface area contributed by atoms with E-state index in [-0.39, 0.29) is 35.4 Å². The highest BCUT2D eigenvalue weighted by atomic mass is 32.1. The molecule has 0 saturated heterocycles. The van der Waals surface area contributed by atoms with Gasteiger partial charge in [0.2, 0.25) is 11.7 Å². The molecule has 0 aliphatic heterocycles. The van der Waals surface area contributed by atoms with Crippen molar-refractivity contribution in [2.75, 3.05) is 5.32 Å². The smallest absolute Gasteiger partial charge is 0.381 e. The van der Waals surface area contributed by atoms with Crippen molar-refractivity contribution in [3.63, 3.8) is 0 Å². The van der Waals surface area contributed by atoms with Crippen molar-refractivity contribution in [3.8, 4) is 0 Å². The van der Waals surface area contributed by atoms with Crippen LogP contribution in [0.1, 0.15) is 17.3 Å². The lowest BCUT2D eigenvalue weighted by molar-refractivity contribution is -0.389. The Kier molecular flexibility index (Phi) is 5.17. The van der Waals surface area contributed by atoms with Crippen LogP contribution in [-0.2, 0) is 13.2 Å². The van der Waals surface area contributed by atoms with Crippen LogP contribution in [0.5, 0.6) is 0 Å². The second-order valence-corrected chi connectivity index (χ2v) is 6.23. The first-order chi connectivity index (χ1) is 13.2. The molecule has 0 amide bonds. The van der Waals surface area contributed by atoms with E-state index in [2.05, 4.69) is 15.4 Å². The first kappa shape index (κ1) is 19.2. The number of nitro groups is 2. The molecule has 0 spiro atoms. The van der Waals surface area contributed by atoms with Crippen molar-refractivity contribution in [2.24, 2.45) is 0 Å². The summed E-state index contributed by atoms with van der Waals surface area (Å²) in [6.45, 7) is 3.71. The van der Waals surface area contributed by atoms with Gasteiger partial charge in [0.1, 0.15) is 19.4 Å². The standard InChI is InChI=1S/C15H15N7O5S/c1-9-5-11(21(23)24)3-4-12(9)16-8-20-15(28)27-14(18-20)7-19-6-13(22(25)26)17-10(19)2/h3-6,16H,7-8H2,1-2H3. The van der Waals surface area contributed by atoms with Crippen molar-refractivity contribution < 1.29 is 14.3 Å². The molecule has 0 fully saturated rings. The maximum absolute atomic E-state index is 10.8. The van der Waals surface area contributed by atoms with Gasteiger partial charge >= 0.3 is 5.82 Å². The third-order valence-electron chi connectivity index (χ3n) is 3.94. The summed E-state index contributed by atoms with van der Waals surface area (Å²) in [6, 6.07) is 4.47. The molecule has 2 heterocycles. The van der Waals surface area contributed by atoms with Crippen molar-refractivity contribution in [1.29, 1.82) is 0 Å². The molecule has 28 heavy (non-hydrogen) atoms. The topological polar surface area (TPSA) is 147 Å². The molecule has 0 saturated carbocycles. The predicted molar refractivity (Wildman–Crippen MR) is 99.5 cm³/mol. The first-order valence-electron chi connectivity index (χ1n) is 7.98. The number of non-ortho nitro benzene ring substituents is 1. The van der Waals surface area contributed by atoms with Crippen LogP contribution in [0.15, 0.2) is 28.8 Å². The first-order valence-corrected chi connectivity index (χ1v) is 8.39. The van der Waals surface area contributed by atoms with Crippen molar-refractivity contribution in [2.45, 2.75) is 27.1 Å². The number of aromatic nitrogens is 4. The minimum absolute atomic E-state index is 0.00757. The van der Waals surface area contributed by atoms with E-state index >= 15 is 0 Å². The van der Waals surface area contributed by atoms with Gasteiger partial charge in [-0.2, -0.15) is 0 Å². The van der Waals surface area contributed by atoms with Crippen molar-refractivity contribution in [3.05, 3.63) is 66.7 Å². The zero-order valence-electron chi connectivity index (χ0n) is 14.9. The van der Waals surface area contributed by atoms with Gasteiger partial charge in [-0.3, -0.25) is 14.7 Å². The van der Waals surface area contributed by atoms with Gasteiger partial charge in [-0.25, -0.2) is 4.68 Å². The lowest BCUT2D eigenvalue weighted by Crippen LogP contribution is -2.11. The molecule has 0 bridgehead atoms. The fourth-order valence-electron chi connectivity index (χ4n) is 2.52. The zero-order chi connectivity index (χ0) is 20.4. The molecule has 0 aliphatic rings. The SMILES string of the molecule is Cc1cc([N+](=O)[O-])ccc1NCn1nc(Cn2cc([N+](=O)[O-])nc2C)oc1=S. The van der Waals surface area contributed by atoms with E-state index in [1.807, 2.05) is 0 Å². The van der Waals surface area contributed by atoms with Crippen LogP contribution in [0.2, 0.25) is 0 Å². The van der Waals surface area contributed by atoms with Gasteiger partial charge in [0.05, 0.1) is 4.92 Å². The largest absolute Gasteiger partial charge is 0.412 e. The van der Waals surface area contributed by atoms with Gasteiger partial charge in [-0.15, -0.1) is 5.10 Å². The highest BCUT2D eigenvalue weighted by molar-refractivity contribution is 7.71. The number of nitro benzene ring substituents is 1. The van der Waals surface area contributed by atoms with Crippen molar-refractivity contribution >= 4 is 29.4 Å². The monoisotopic (exact) mass is 405 g/mol. The molecule has 0 radical (unpaired) electrons. The molecule has 146 valence electrons. The summed E-state index contributed by atoms with van der Waals surface area (Å²) in [4.78, 5) is 24.5. The van der Waals surface area contributed by atoms with E-state index in [0.717, 1.165) is 0 Å². The fraction of sp³-hybridized carbons (Fsp3) is 0.267. The van der Waals surface area contributed by atoms with Crippen LogP contribution in [0.4, 0.5) is 17.2 Å². The molecule has 2 aromatic heterocycles. The van der Waals surface area contributed by atoms with Gasteiger partial charge < -0.3 is 19.8 Å². The number of hydrogen-bond acceptors (Lipinski definition) is 9. The van der Waals surface area contributed by atoms with Crippen LogP contribution in [0.25, 0.3) is 0 Å². The Morgan fingerprint density at radius 2 is 2.00 bits per heavy atom. The van der Waals surface area contributed by atoms with Crippen LogP contribution in [0.3, 0.4) is 0 Å². The lowest BCUT2D eigenvalue weighted by Gasteiger charge is -2.08. The van der Waals surface area contributed by atoms with E-state index in [4.69, 9.17) is 16.6 Å². The molecule has 0 unspecified atom stereocenters. The Balaban J connectivity index is 1.72. The average Bonchev–Trinajstić information content (AvgIpc) is 3.16. The molecule has 1 aromatic carbocycles. The van der Waals surface area contributed by atoms with Crippen LogP contribution in [-0.4, -0.2) is 29.2 Å². The molecular weight excluding hydrogens is 390 g/mol. The summed E-state index contributed by atoms with van der Waals surface area (Å²) < 4.78 is 8.38. The van der Waals surface area contributed by atoms with Crippen LogP contribution in [0, 0.1) is 38.9 Å². The summed E-state index contributed by atoms with van der Waals surface area (Å²) >= 11 is 5.14. The molecule has 0 atom stereocenters. The molecule has 13 heteroatoms. The highest BCUT2D eigenvalue weighted by Crippen LogP contribution is 2.21. The average molecular weight is 405 g/mol. The maximum atomic E-state index is 10.8. The summed E-state index contributed by atoms with van der Waals surface area (Å²) in [5, 5.41) is 28.9. The van der Waals surface area contributed by atoms with E-state index in [9.17, 15) is 20.2 Å². The number of rotatable bonds is 7. The second kappa shape index (κ2) is 7.56. The Labute approximate surface area is 162 Å². The zero-order valence-corrected chi connectivity index (χ0v) is 15.7. The number of benzene rings is 1. The number of nitrogens with one attached hydrogen (secondary N) is 1. The van der Waals surface area contributed by atoms with Gasteiger partial charge in [0.25, 0.3) is 10.5 Å². The molecule has 0 aliphatic carbocycles. The number of nitrogens with zero attached hydrogens (tertiary/aromatic N) is 6. The Hall–Kier alpha value is -3.61. The van der Waals surface area contributed by atoms with E-state index in [1.165, 1.54) is 27.6 Å². The Morgan fingerprint density at radius 3 is 2.61 bits per heavy atom. The molecule has 12 nitrogen and oxygen atoms in total. The minimum atomic E-state index is -0.575. The van der Waals surface area contributed by atoms with E-state index in [0.29, 0.717) is 17.1 Å². The highest BCUT2D eigenvalue weighted by Gasteiger charge is 2.17. The summed E-state index contributed by atoms with van der Waals surface area (Å²) in [7, 11) is 0. The van der Waals surface area contributed by atoms with Gasteiger partial charge in [0.15, 0.2) is 0 Å². The van der Waals surface area contributed by atoms with Gasteiger partial charge in [0, 0.05) is 24.7 Å². The third-order valence-corrected chi connectivity index (χ3v) is 4.24. The Morgan fingerprint density at radius 1 is 1.25 bits per heavy atom. The number of aryl methyl sites for hydroxylation is 2. The molecule has 1 N–H and O–H groups in total. The van der Waals surface area contributed by atoms with Crippen LogP contribution < -0.4 is 5.32 Å². The van der Waals surface area contributed by atoms with Crippen LogP contribution >= 0.6 is 12.2 Å². The Bertz CT molecular complexity index is 1120. The van der Waals surface area contributed by atoms with Gasteiger partial charge in [-0.05, 0) is 40.7 Å². The summed E-state index contributed by atoms with van der Waals surface area (Å²) in [5.41, 5.74) is 1.40. The fourth-order valence-corrected chi connectivity index (χ4v) is 2.72. The summed E-state index contributed by atoms with van der Waals surface area (Å²) in [6.07, 6.45) is 1.30. The number of anilines is 1. The quantitative estimate of drug-likeness (QED) is 0.356. The van der Waals surface area contributed by atoms with E-state index in [1.54, 1.807) is 19.9 Å². The molecule has 3 aromatic rings. The van der Waals surface area contributed by atoms with E-state index < -0.39 is 9.85 Å². The number of imidazole rings is 1.